The molecular formula is C38H62N4O25. The number of amides is 4. The maximum absolute atomic E-state index is 12.8. The van der Waals surface area contributed by atoms with Crippen molar-refractivity contribution in [1.82, 2.24) is 21.3 Å². The van der Waals surface area contributed by atoms with Crippen LogP contribution in [0.5, 0.6) is 0 Å². The normalized spacial score (nSPS) is 39.9. The average Bonchev–Trinajstić information content (AvgIpc) is 3.25. The second-order valence-electron chi connectivity index (χ2n) is 16.3. The molecule has 4 fully saturated rings. The lowest BCUT2D eigenvalue weighted by Crippen LogP contribution is -2.72. The molecule has 0 aromatic rings. The van der Waals surface area contributed by atoms with Gasteiger partial charge in [-0.3, -0.25) is 19.2 Å². The molecule has 4 saturated heterocycles. The van der Waals surface area contributed by atoms with E-state index in [0.717, 1.165) is 41.5 Å². The highest BCUT2D eigenvalue weighted by molar-refractivity contribution is 5.75. The molecule has 29 heteroatoms. The summed E-state index contributed by atoms with van der Waals surface area (Å²) in [5, 5.41) is 115. The number of carbonyl (C=O) groups is 6. The van der Waals surface area contributed by atoms with E-state index in [-0.39, 0.29) is 0 Å². The fraction of sp³-hybridized carbons (Fsp3) is 0.842. The Morgan fingerprint density at radius 3 is 1.19 bits per heavy atom. The van der Waals surface area contributed by atoms with Gasteiger partial charge in [-0.25, -0.2) is 9.59 Å². The third kappa shape index (κ3) is 13.7. The van der Waals surface area contributed by atoms with Crippen molar-refractivity contribution in [2.75, 3.05) is 26.4 Å². The molecule has 4 aliphatic rings. The number of ether oxygens (including phenoxy) is 9. The van der Waals surface area contributed by atoms with Gasteiger partial charge in [-0.05, 0) is 13.8 Å². The summed E-state index contributed by atoms with van der Waals surface area (Å²) in [5.41, 5.74) is 0. The van der Waals surface area contributed by atoms with Gasteiger partial charge in [0.25, 0.3) is 0 Å². The summed E-state index contributed by atoms with van der Waals surface area (Å²) < 4.78 is 53.4. The number of carbonyl (C=O) groups excluding carboxylic acids is 4. The molecule has 0 radical (unpaired) electrons. The van der Waals surface area contributed by atoms with Crippen LogP contribution in [0.4, 0.5) is 0 Å². The quantitative estimate of drug-likeness (QED) is 0.0539. The lowest BCUT2D eigenvalue weighted by molar-refractivity contribution is -0.366. The SMILES string of the molecule is CC(=O)NC1C(OC2C(CO)OC(OC3C(CO)OC(OC4C(CO)OC(O)C(NC(C)=O)C4OC(C)C(=O)O)C(NC(C)=O)C3O)C(NC(C)=O)C2OC(C)C(=O)O)OC(CO)C(O)C1O. The van der Waals surface area contributed by atoms with Crippen LogP contribution < -0.4 is 21.3 Å². The van der Waals surface area contributed by atoms with E-state index in [4.69, 9.17) is 42.6 Å². The van der Waals surface area contributed by atoms with E-state index < -0.39 is 197 Å². The maximum Gasteiger partial charge on any atom is 0.332 e. The number of hydrogen-bond donors (Lipinski definition) is 14. The van der Waals surface area contributed by atoms with Crippen LogP contribution in [0, 0.1) is 0 Å². The van der Waals surface area contributed by atoms with Gasteiger partial charge >= 0.3 is 11.9 Å². The van der Waals surface area contributed by atoms with E-state index in [9.17, 15) is 79.8 Å². The van der Waals surface area contributed by atoms with Gasteiger partial charge < -0.3 is 115 Å². The molecule has 4 amide bonds. The van der Waals surface area contributed by atoms with Gasteiger partial charge in [-0.2, -0.15) is 0 Å². The van der Waals surface area contributed by atoms with E-state index in [1.807, 2.05) is 0 Å². The Morgan fingerprint density at radius 2 is 0.776 bits per heavy atom. The zero-order valence-corrected chi connectivity index (χ0v) is 37.1. The van der Waals surface area contributed by atoms with Gasteiger partial charge in [0.15, 0.2) is 37.4 Å². The summed E-state index contributed by atoms with van der Waals surface area (Å²) in [7, 11) is 0. The van der Waals surface area contributed by atoms with Crippen LogP contribution in [0.25, 0.3) is 0 Å². The first-order valence-electron chi connectivity index (χ1n) is 21.1. The minimum absolute atomic E-state index is 0.731. The van der Waals surface area contributed by atoms with Gasteiger partial charge in [-0.15, -0.1) is 0 Å². The van der Waals surface area contributed by atoms with Gasteiger partial charge in [0.05, 0.1) is 26.4 Å². The number of nitrogens with one attached hydrogen (secondary N) is 4. The monoisotopic (exact) mass is 974 g/mol. The minimum atomic E-state index is -2.02. The Labute approximate surface area is 381 Å². The zero-order chi connectivity index (χ0) is 50.2. The molecular weight excluding hydrogens is 912 g/mol. The molecule has 0 aromatic carbocycles. The lowest BCUT2D eigenvalue weighted by atomic mass is 9.93. The highest BCUT2D eigenvalue weighted by Gasteiger charge is 2.57. The smallest absolute Gasteiger partial charge is 0.332 e. The summed E-state index contributed by atoms with van der Waals surface area (Å²) in [5.74, 6) is -6.13. The van der Waals surface area contributed by atoms with Crippen molar-refractivity contribution in [3.8, 4) is 0 Å². The predicted molar refractivity (Wildman–Crippen MR) is 212 cm³/mol. The van der Waals surface area contributed by atoms with Crippen molar-refractivity contribution in [3.05, 3.63) is 0 Å². The van der Waals surface area contributed by atoms with Gasteiger partial charge in [0.1, 0.15) is 97.4 Å². The molecule has 67 heavy (non-hydrogen) atoms. The molecule has 384 valence electrons. The number of aliphatic hydroxyl groups is 8. The first kappa shape index (κ1) is 55.7. The van der Waals surface area contributed by atoms with E-state index in [1.165, 1.54) is 0 Å². The van der Waals surface area contributed by atoms with E-state index in [1.54, 1.807) is 0 Å². The van der Waals surface area contributed by atoms with Crippen molar-refractivity contribution in [1.29, 1.82) is 0 Å². The summed E-state index contributed by atoms with van der Waals surface area (Å²) >= 11 is 0. The van der Waals surface area contributed by atoms with Crippen LogP contribution in [0.1, 0.15) is 41.5 Å². The average molecular weight is 975 g/mol. The summed E-state index contributed by atoms with van der Waals surface area (Å²) in [6.07, 6.45) is -31.5. The highest BCUT2D eigenvalue weighted by Crippen LogP contribution is 2.36. The number of carboxylic acids is 2. The van der Waals surface area contributed by atoms with Crippen LogP contribution in [0.2, 0.25) is 0 Å². The molecule has 4 rings (SSSR count). The molecule has 0 aromatic heterocycles. The Balaban J connectivity index is 1.75. The fourth-order valence-electron chi connectivity index (χ4n) is 8.04. The molecule has 14 N–H and O–H groups in total. The van der Waals surface area contributed by atoms with E-state index >= 15 is 0 Å². The van der Waals surface area contributed by atoms with Crippen LogP contribution in [-0.4, -0.2) is 248 Å². The lowest BCUT2D eigenvalue weighted by Gasteiger charge is -2.52. The molecule has 29 nitrogen and oxygen atoms in total. The van der Waals surface area contributed by atoms with Gasteiger partial charge in [0, 0.05) is 27.7 Å². The van der Waals surface area contributed by atoms with Crippen LogP contribution in [-0.2, 0) is 71.4 Å². The molecule has 0 spiro atoms. The Morgan fingerprint density at radius 1 is 0.448 bits per heavy atom. The number of rotatable bonds is 20. The molecule has 22 atom stereocenters. The topological polar surface area (TPSA) is 436 Å². The third-order valence-electron chi connectivity index (χ3n) is 11.2. The molecule has 0 saturated carbocycles. The van der Waals surface area contributed by atoms with Crippen LogP contribution in [0.3, 0.4) is 0 Å². The summed E-state index contributed by atoms with van der Waals surface area (Å²) in [6.45, 7) is 2.61. The fourth-order valence-corrected chi connectivity index (χ4v) is 8.04. The predicted octanol–water partition coefficient (Wildman–Crippen LogP) is -8.18. The molecule has 0 aliphatic carbocycles. The molecule has 22 unspecified atom stereocenters. The molecule has 4 aliphatic heterocycles. The Hall–Kier alpha value is -3.86. The second-order valence-corrected chi connectivity index (χ2v) is 16.3. The number of aliphatic hydroxyl groups excluding tert-OH is 8. The van der Waals surface area contributed by atoms with Crippen LogP contribution >= 0.6 is 0 Å². The minimum Gasteiger partial charge on any atom is -0.479 e. The third-order valence-corrected chi connectivity index (χ3v) is 11.2. The van der Waals surface area contributed by atoms with Crippen molar-refractivity contribution >= 4 is 35.6 Å². The maximum atomic E-state index is 12.8. The number of carboxylic acid groups (broad SMARTS) is 2. The zero-order valence-electron chi connectivity index (χ0n) is 37.1. The Bertz CT molecular complexity index is 1700. The van der Waals surface area contributed by atoms with Gasteiger partial charge in [-0.1, -0.05) is 0 Å². The number of hydrogen-bond acceptors (Lipinski definition) is 23. The second kappa shape index (κ2) is 24.6. The summed E-state index contributed by atoms with van der Waals surface area (Å²) in [6, 6.07) is -6.54. The van der Waals surface area contributed by atoms with Crippen molar-refractivity contribution in [3.63, 3.8) is 0 Å². The molecule has 0 bridgehead atoms. The van der Waals surface area contributed by atoms with Crippen molar-refractivity contribution < 1.29 is 122 Å². The summed E-state index contributed by atoms with van der Waals surface area (Å²) in [4.78, 5) is 73.9. The van der Waals surface area contributed by atoms with E-state index in [2.05, 4.69) is 21.3 Å². The highest BCUT2D eigenvalue weighted by atomic mass is 16.8. The number of aliphatic carboxylic acids is 2. The van der Waals surface area contributed by atoms with E-state index in [0.29, 0.717) is 0 Å². The van der Waals surface area contributed by atoms with Crippen molar-refractivity contribution in [2.45, 2.75) is 176 Å². The van der Waals surface area contributed by atoms with Crippen LogP contribution in [0.15, 0.2) is 0 Å². The standard InChI is InChI=1S/C38H62N4O25/c1-11(33(54)55)59-31-23(41-15(5)49)35(58)61-19(9-45)29(31)66-37-22(40-14(4)48)27(53)28(18(8-44)63-37)65-38-24(42-16(6)50)32(60-12(2)34(56)57)30(20(10-46)64-38)67-36-21(39-13(3)47)26(52)25(51)17(7-43)62-36/h11-12,17-32,35-38,43-46,51-53,58H,7-10H2,1-6H3,(H,39,47)(H,40,48)(H,41,49)(H,42,50)(H,54,55)(H,56,57). The molecule has 4 heterocycles. The first-order chi connectivity index (χ1) is 31.5. The Kier molecular flexibility index (Phi) is 20.5. The largest absolute Gasteiger partial charge is 0.479 e. The van der Waals surface area contributed by atoms with Gasteiger partial charge in [0.2, 0.25) is 23.6 Å². The first-order valence-corrected chi connectivity index (χ1v) is 21.1. The van der Waals surface area contributed by atoms with Crippen molar-refractivity contribution in [2.24, 2.45) is 0 Å².